The van der Waals surface area contributed by atoms with Crippen molar-refractivity contribution in [2.45, 2.75) is 31.4 Å². The minimum Gasteiger partial charge on any atom is -0.374 e. The van der Waals surface area contributed by atoms with Gasteiger partial charge in [-0.1, -0.05) is 6.92 Å². The maximum Gasteiger partial charge on any atom is 0.0885 e. The van der Waals surface area contributed by atoms with Crippen LogP contribution in [0.5, 0.6) is 0 Å². The Bertz CT molecular complexity index is 201. The topological polar surface area (TPSA) is 15.7 Å². The molecule has 1 heterocycles. The molecule has 0 aromatic rings. The monoisotopic (exact) mass is 198 g/mol. The van der Waals surface area contributed by atoms with Gasteiger partial charge in [-0.15, -0.1) is 0 Å². The Labute approximate surface area is 87.0 Å². The summed E-state index contributed by atoms with van der Waals surface area (Å²) in [7, 11) is 4.36. The Morgan fingerprint density at radius 1 is 1.43 bits per heavy atom. The van der Waals surface area contributed by atoms with Crippen molar-refractivity contribution in [3.63, 3.8) is 0 Å². The third-order valence-electron chi connectivity index (χ3n) is 3.85. The van der Waals surface area contributed by atoms with Crippen LogP contribution in [0.1, 0.15) is 19.8 Å². The van der Waals surface area contributed by atoms with Crippen LogP contribution >= 0.6 is 0 Å². The summed E-state index contributed by atoms with van der Waals surface area (Å²) < 4.78 is 5.92. The molecule has 1 atom stereocenters. The Balaban J connectivity index is 1.97. The Hall–Kier alpha value is -0.120. The van der Waals surface area contributed by atoms with Gasteiger partial charge in [0.25, 0.3) is 0 Å². The predicted molar refractivity (Wildman–Crippen MR) is 57.5 cm³/mol. The highest BCUT2D eigenvalue weighted by Gasteiger charge is 2.52. The first kappa shape index (κ1) is 10.4. The molecule has 2 rings (SSSR count). The van der Waals surface area contributed by atoms with Crippen molar-refractivity contribution < 1.29 is 4.74 Å². The van der Waals surface area contributed by atoms with Crippen molar-refractivity contribution in [3.8, 4) is 0 Å². The van der Waals surface area contributed by atoms with Crippen LogP contribution in [0.2, 0.25) is 0 Å². The second kappa shape index (κ2) is 3.80. The van der Waals surface area contributed by atoms with Gasteiger partial charge in [0.2, 0.25) is 0 Å². The molecule has 3 heteroatoms. The summed E-state index contributed by atoms with van der Waals surface area (Å²) in [5.41, 5.74) is 0.369. The fraction of sp³-hybridized carbons (Fsp3) is 1.00. The predicted octanol–water partition coefficient (Wildman–Crippen LogP) is 0.801. The van der Waals surface area contributed by atoms with Crippen LogP contribution in [0.4, 0.5) is 0 Å². The summed E-state index contributed by atoms with van der Waals surface area (Å²) in [5, 5.41) is 0. The van der Waals surface area contributed by atoms with Gasteiger partial charge in [0.15, 0.2) is 0 Å². The zero-order valence-corrected chi connectivity index (χ0v) is 9.62. The summed E-state index contributed by atoms with van der Waals surface area (Å²) in [4.78, 5) is 4.86. The Kier molecular flexibility index (Phi) is 2.82. The van der Waals surface area contributed by atoms with E-state index in [1.54, 1.807) is 0 Å². The number of likely N-dealkylation sites (N-methyl/N-ethyl adjacent to an activating group) is 2. The summed E-state index contributed by atoms with van der Waals surface area (Å²) >= 11 is 0. The molecule has 0 N–H and O–H groups in total. The first-order chi connectivity index (χ1) is 6.69. The first-order valence-corrected chi connectivity index (χ1v) is 5.70. The van der Waals surface area contributed by atoms with Crippen molar-refractivity contribution in [2.24, 2.45) is 0 Å². The van der Waals surface area contributed by atoms with Crippen molar-refractivity contribution in [1.82, 2.24) is 9.80 Å². The summed E-state index contributed by atoms with van der Waals surface area (Å²) in [5.74, 6) is 0. The lowest BCUT2D eigenvalue weighted by Crippen LogP contribution is -2.53. The van der Waals surface area contributed by atoms with Gasteiger partial charge >= 0.3 is 0 Å². The van der Waals surface area contributed by atoms with Crippen molar-refractivity contribution in [1.29, 1.82) is 0 Å². The van der Waals surface area contributed by atoms with Crippen molar-refractivity contribution in [2.75, 3.05) is 40.3 Å². The highest BCUT2D eigenvalue weighted by atomic mass is 16.5. The molecule has 0 bridgehead atoms. The smallest absolute Gasteiger partial charge is 0.0885 e. The lowest BCUT2D eigenvalue weighted by atomic mass is 10.1. The van der Waals surface area contributed by atoms with E-state index in [1.165, 1.54) is 12.8 Å². The van der Waals surface area contributed by atoms with E-state index >= 15 is 0 Å². The Morgan fingerprint density at radius 3 is 2.64 bits per heavy atom. The van der Waals surface area contributed by atoms with Crippen molar-refractivity contribution in [3.05, 3.63) is 0 Å². The Morgan fingerprint density at radius 2 is 2.14 bits per heavy atom. The highest BCUT2D eigenvalue weighted by molar-refractivity contribution is 5.09. The van der Waals surface area contributed by atoms with E-state index in [2.05, 4.69) is 30.8 Å². The van der Waals surface area contributed by atoms with Gasteiger partial charge < -0.3 is 9.64 Å². The third-order valence-corrected chi connectivity index (χ3v) is 3.85. The molecule has 1 aliphatic carbocycles. The quantitative estimate of drug-likeness (QED) is 0.667. The normalized spacial score (nSPS) is 32.1. The minimum atomic E-state index is 0.369. The van der Waals surface area contributed by atoms with Crippen LogP contribution in [0.25, 0.3) is 0 Å². The van der Waals surface area contributed by atoms with E-state index in [0.717, 1.165) is 26.2 Å². The van der Waals surface area contributed by atoms with E-state index in [0.29, 0.717) is 11.6 Å². The molecule has 1 saturated carbocycles. The molecule has 1 saturated heterocycles. The zero-order valence-electron chi connectivity index (χ0n) is 9.62. The van der Waals surface area contributed by atoms with Crippen LogP contribution in [0, 0.1) is 0 Å². The lowest BCUT2D eigenvalue weighted by Gasteiger charge is -2.39. The fourth-order valence-corrected chi connectivity index (χ4v) is 2.50. The molecule has 1 aliphatic heterocycles. The number of hydrogen-bond donors (Lipinski definition) is 0. The highest BCUT2D eigenvalue weighted by Crippen LogP contribution is 2.45. The van der Waals surface area contributed by atoms with Gasteiger partial charge in [-0.25, -0.2) is 0 Å². The second-order valence-corrected chi connectivity index (χ2v) is 4.75. The summed E-state index contributed by atoms with van der Waals surface area (Å²) in [6.07, 6.45) is 3.05. The van der Waals surface area contributed by atoms with E-state index in [9.17, 15) is 0 Å². The number of rotatable bonds is 3. The van der Waals surface area contributed by atoms with Crippen LogP contribution in [-0.2, 0) is 4.74 Å². The summed E-state index contributed by atoms with van der Waals surface area (Å²) in [6, 6.07) is 0. The van der Waals surface area contributed by atoms with Gasteiger partial charge in [0, 0.05) is 18.6 Å². The summed E-state index contributed by atoms with van der Waals surface area (Å²) in [6.45, 7) is 6.53. The van der Waals surface area contributed by atoms with E-state index in [-0.39, 0.29) is 0 Å². The van der Waals surface area contributed by atoms with Crippen LogP contribution < -0.4 is 0 Å². The van der Waals surface area contributed by atoms with E-state index in [1.807, 2.05) is 0 Å². The van der Waals surface area contributed by atoms with E-state index in [4.69, 9.17) is 4.74 Å². The molecule has 1 unspecified atom stereocenters. The number of ether oxygens (including phenoxy) is 1. The molecule has 0 amide bonds. The number of morpholine rings is 1. The molecule has 0 aromatic carbocycles. The van der Waals surface area contributed by atoms with E-state index < -0.39 is 0 Å². The minimum absolute atomic E-state index is 0.369. The SMILES string of the molecule is CCN1CCOC(C2(N(C)C)CC2)C1. The average Bonchev–Trinajstić information content (AvgIpc) is 2.98. The van der Waals surface area contributed by atoms with Gasteiger partial charge in [-0.3, -0.25) is 4.90 Å². The van der Waals surface area contributed by atoms with Crippen molar-refractivity contribution >= 4 is 0 Å². The second-order valence-electron chi connectivity index (χ2n) is 4.75. The van der Waals surface area contributed by atoms with Crippen LogP contribution in [0.3, 0.4) is 0 Å². The van der Waals surface area contributed by atoms with Gasteiger partial charge in [-0.05, 0) is 33.5 Å². The molecular formula is C11H22N2O. The molecule has 3 nitrogen and oxygen atoms in total. The molecule has 14 heavy (non-hydrogen) atoms. The third kappa shape index (κ3) is 1.69. The standard InChI is InChI=1S/C11H22N2O/c1-4-13-7-8-14-10(9-13)11(5-6-11)12(2)3/h10H,4-9H2,1-3H3. The van der Waals surface area contributed by atoms with Crippen LogP contribution in [-0.4, -0.2) is 61.8 Å². The molecular weight excluding hydrogens is 176 g/mol. The van der Waals surface area contributed by atoms with Gasteiger partial charge in [-0.2, -0.15) is 0 Å². The number of nitrogens with zero attached hydrogens (tertiary/aromatic N) is 2. The lowest BCUT2D eigenvalue weighted by molar-refractivity contribution is -0.0714. The first-order valence-electron chi connectivity index (χ1n) is 5.70. The maximum absolute atomic E-state index is 5.92. The van der Waals surface area contributed by atoms with Crippen LogP contribution in [0.15, 0.2) is 0 Å². The molecule has 2 fully saturated rings. The van der Waals surface area contributed by atoms with Gasteiger partial charge in [0.05, 0.1) is 12.7 Å². The fourth-order valence-electron chi connectivity index (χ4n) is 2.50. The molecule has 2 aliphatic rings. The molecule has 0 aromatic heterocycles. The molecule has 0 spiro atoms. The molecule has 0 radical (unpaired) electrons. The van der Waals surface area contributed by atoms with Gasteiger partial charge in [0.1, 0.15) is 0 Å². The number of hydrogen-bond acceptors (Lipinski definition) is 3. The molecule has 82 valence electrons. The largest absolute Gasteiger partial charge is 0.374 e. The average molecular weight is 198 g/mol. The maximum atomic E-state index is 5.92. The zero-order chi connectivity index (χ0) is 10.2.